The molecule has 0 aromatic rings. The van der Waals surface area contributed by atoms with Crippen LogP contribution in [0.25, 0.3) is 0 Å². The number of ether oxygens (including phenoxy) is 1. The van der Waals surface area contributed by atoms with Crippen molar-refractivity contribution >= 4 is 17.8 Å². The van der Waals surface area contributed by atoms with Crippen LogP contribution in [-0.4, -0.2) is 79.8 Å². The summed E-state index contributed by atoms with van der Waals surface area (Å²) in [5.74, 6) is -3.57. The maximum Gasteiger partial charge on any atom is 0.310 e. The summed E-state index contributed by atoms with van der Waals surface area (Å²) in [6.07, 6.45) is 3.79. The Kier molecular flexibility index (Phi) is 7.50. The van der Waals surface area contributed by atoms with Crippen LogP contribution in [-0.2, 0) is 19.1 Å². The normalized spacial score (nSPS) is 32.7. The van der Waals surface area contributed by atoms with E-state index < -0.39 is 52.5 Å². The van der Waals surface area contributed by atoms with Crippen molar-refractivity contribution in [3.63, 3.8) is 0 Å². The van der Waals surface area contributed by atoms with Crippen molar-refractivity contribution in [2.45, 2.75) is 110 Å². The molecule has 0 radical (unpaired) electrons. The molecule has 3 aliphatic rings. The number of rotatable bonds is 10. The Balaban J connectivity index is 2.17. The summed E-state index contributed by atoms with van der Waals surface area (Å²) in [5.41, 5.74) is -2.86. The van der Waals surface area contributed by atoms with Crippen LogP contribution in [0.2, 0.25) is 0 Å². The fraction of sp³-hybridized carbons (Fsp3) is 0.821. The molecule has 3 heterocycles. The van der Waals surface area contributed by atoms with Crippen LogP contribution >= 0.6 is 0 Å². The van der Waals surface area contributed by atoms with Crippen LogP contribution in [0.3, 0.4) is 0 Å². The van der Waals surface area contributed by atoms with Gasteiger partial charge in [0, 0.05) is 12.1 Å². The minimum absolute atomic E-state index is 0.0648. The van der Waals surface area contributed by atoms with Crippen LogP contribution in [0.15, 0.2) is 12.7 Å². The highest BCUT2D eigenvalue weighted by Gasteiger charge is 2.79. The Morgan fingerprint density at radius 1 is 1.25 bits per heavy atom. The smallest absolute Gasteiger partial charge is 0.310 e. The number of likely N-dealkylation sites (tertiary alicyclic amines) is 1. The van der Waals surface area contributed by atoms with Gasteiger partial charge in [0.1, 0.15) is 11.6 Å². The van der Waals surface area contributed by atoms with Gasteiger partial charge in [0.05, 0.1) is 30.1 Å². The molecule has 0 aromatic carbocycles. The SMILES string of the molecule is C=CCN(C(=O)C1N([C@@H](CO)CC(C)C)C(=O)[C@@H]2[C@@H](C(=O)O)[C@@]3(C)CCC12O3)C(C)(C)CC(C)(C)C. The van der Waals surface area contributed by atoms with E-state index >= 15 is 0 Å². The van der Waals surface area contributed by atoms with Gasteiger partial charge >= 0.3 is 5.97 Å². The van der Waals surface area contributed by atoms with Crippen molar-refractivity contribution in [1.29, 1.82) is 0 Å². The topological polar surface area (TPSA) is 107 Å². The number of amides is 2. The fourth-order valence-corrected chi connectivity index (χ4v) is 7.54. The molecular weight excluding hydrogens is 460 g/mol. The maximum atomic E-state index is 14.6. The van der Waals surface area contributed by atoms with E-state index in [1.807, 2.05) is 27.7 Å². The van der Waals surface area contributed by atoms with Gasteiger partial charge in [0.15, 0.2) is 0 Å². The molecular formula is C28H46N2O6. The number of nitrogens with zero attached hydrogens (tertiary/aromatic N) is 2. The third kappa shape index (κ3) is 4.60. The molecule has 3 rings (SSSR count). The molecule has 2 bridgehead atoms. The number of fused-ring (bicyclic) bond motifs is 1. The summed E-state index contributed by atoms with van der Waals surface area (Å²) in [7, 11) is 0. The number of carbonyl (C=O) groups excluding carboxylic acids is 2. The Morgan fingerprint density at radius 2 is 1.86 bits per heavy atom. The molecule has 1 spiro atoms. The summed E-state index contributed by atoms with van der Waals surface area (Å²) in [6.45, 7) is 20.0. The highest BCUT2D eigenvalue weighted by molar-refractivity contribution is 5.98. The third-order valence-corrected chi connectivity index (χ3v) is 8.33. The van der Waals surface area contributed by atoms with Crippen LogP contribution in [0.1, 0.15) is 81.1 Å². The number of hydrogen-bond acceptors (Lipinski definition) is 5. The van der Waals surface area contributed by atoms with E-state index in [2.05, 4.69) is 27.4 Å². The second-order valence-corrected chi connectivity index (χ2v) is 13.6. The lowest BCUT2D eigenvalue weighted by atomic mass is 9.66. The minimum Gasteiger partial charge on any atom is -0.481 e. The zero-order chi connectivity index (χ0) is 27.4. The summed E-state index contributed by atoms with van der Waals surface area (Å²) >= 11 is 0. The Morgan fingerprint density at radius 3 is 2.33 bits per heavy atom. The number of aliphatic carboxylic acids is 1. The molecule has 0 saturated carbocycles. The van der Waals surface area contributed by atoms with Gasteiger partial charge in [-0.15, -0.1) is 6.58 Å². The monoisotopic (exact) mass is 506 g/mol. The number of carbonyl (C=O) groups is 3. The molecule has 204 valence electrons. The van der Waals surface area contributed by atoms with Crippen molar-refractivity contribution in [2.24, 2.45) is 23.2 Å². The predicted octanol–water partition coefficient (Wildman–Crippen LogP) is 3.47. The van der Waals surface area contributed by atoms with E-state index in [-0.39, 0.29) is 30.4 Å². The number of hydrogen-bond donors (Lipinski definition) is 2. The van der Waals surface area contributed by atoms with Gasteiger partial charge in [0.2, 0.25) is 11.8 Å². The Labute approximate surface area is 216 Å². The number of carboxylic acids is 1. The lowest BCUT2D eigenvalue weighted by Crippen LogP contribution is -2.62. The predicted molar refractivity (Wildman–Crippen MR) is 137 cm³/mol. The summed E-state index contributed by atoms with van der Waals surface area (Å²) in [6, 6.07) is -1.61. The van der Waals surface area contributed by atoms with Crippen molar-refractivity contribution < 1.29 is 29.3 Å². The molecule has 3 aliphatic heterocycles. The maximum absolute atomic E-state index is 14.6. The number of aliphatic hydroxyl groups excluding tert-OH is 1. The van der Waals surface area contributed by atoms with Crippen molar-refractivity contribution in [3.05, 3.63) is 12.7 Å². The van der Waals surface area contributed by atoms with Gasteiger partial charge in [-0.1, -0.05) is 40.7 Å². The molecule has 2 amide bonds. The first-order valence-electron chi connectivity index (χ1n) is 13.2. The zero-order valence-electron chi connectivity index (χ0n) is 23.3. The Hall–Kier alpha value is -1.93. The van der Waals surface area contributed by atoms with E-state index in [9.17, 15) is 24.6 Å². The lowest BCUT2D eigenvalue weighted by molar-refractivity contribution is -0.161. The second-order valence-electron chi connectivity index (χ2n) is 13.6. The average Bonchev–Trinajstić information content (AvgIpc) is 3.28. The molecule has 2 N–H and O–H groups in total. The molecule has 0 aliphatic carbocycles. The number of carboxylic acid groups (broad SMARTS) is 1. The lowest BCUT2D eigenvalue weighted by Gasteiger charge is -2.46. The van der Waals surface area contributed by atoms with Crippen LogP contribution in [0, 0.1) is 23.2 Å². The molecule has 6 atom stereocenters. The van der Waals surface area contributed by atoms with Gasteiger partial charge < -0.3 is 24.7 Å². The largest absolute Gasteiger partial charge is 0.481 e. The van der Waals surface area contributed by atoms with Gasteiger partial charge in [-0.3, -0.25) is 14.4 Å². The quantitative estimate of drug-likeness (QED) is 0.440. The number of aliphatic hydroxyl groups is 1. The van der Waals surface area contributed by atoms with E-state index in [1.165, 1.54) is 4.90 Å². The van der Waals surface area contributed by atoms with Gasteiger partial charge in [-0.2, -0.15) is 0 Å². The zero-order valence-corrected chi connectivity index (χ0v) is 23.3. The van der Waals surface area contributed by atoms with E-state index in [1.54, 1.807) is 17.9 Å². The molecule has 0 aromatic heterocycles. The molecule has 8 nitrogen and oxygen atoms in total. The van der Waals surface area contributed by atoms with E-state index in [0.29, 0.717) is 25.7 Å². The highest BCUT2D eigenvalue weighted by Crippen LogP contribution is 2.63. The van der Waals surface area contributed by atoms with Crippen molar-refractivity contribution in [1.82, 2.24) is 9.80 Å². The molecule has 3 fully saturated rings. The van der Waals surface area contributed by atoms with E-state index in [4.69, 9.17) is 4.74 Å². The van der Waals surface area contributed by atoms with Crippen LogP contribution in [0.4, 0.5) is 0 Å². The van der Waals surface area contributed by atoms with Gasteiger partial charge in [-0.25, -0.2) is 0 Å². The van der Waals surface area contributed by atoms with Crippen molar-refractivity contribution in [2.75, 3.05) is 13.2 Å². The first-order chi connectivity index (χ1) is 16.5. The highest BCUT2D eigenvalue weighted by atomic mass is 16.5. The van der Waals surface area contributed by atoms with Crippen LogP contribution in [0.5, 0.6) is 0 Å². The van der Waals surface area contributed by atoms with E-state index in [0.717, 1.165) is 0 Å². The van der Waals surface area contributed by atoms with Crippen molar-refractivity contribution in [3.8, 4) is 0 Å². The summed E-state index contributed by atoms with van der Waals surface area (Å²) < 4.78 is 6.52. The minimum atomic E-state index is -1.23. The molecule has 2 unspecified atom stereocenters. The summed E-state index contributed by atoms with van der Waals surface area (Å²) in [5, 5.41) is 20.5. The average molecular weight is 507 g/mol. The molecule has 8 heteroatoms. The summed E-state index contributed by atoms with van der Waals surface area (Å²) in [4.78, 5) is 44.4. The molecule has 36 heavy (non-hydrogen) atoms. The first kappa shape index (κ1) is 28.6. The second kappa shape index (κ2) is 9.43. The van der Waals surface area contributed by atoms with Gasteiger partial charge in [0.25, 0.3) is 0 Å². The standard InChI is InChI=1S/C28H46N2O6/c1-10-13-29(26(7,8)16-25(4,5)6)23(33)21-28-12-11-27(9,36-28)20(24(34)35)19(28)22(32)30(21)18(15-31)14-17(2)3/h10,17-21,31H,1,11-16H2,2-9H3,(H,34,35)/t18-,19+,20+,21?,27-,28?/m1/s1. The first-order valence-corrected chi connectivity index (χ1v) is 13.2. The Bertz CT molecular complexity index is 908. The fourth-order valence-electron chi connectivity index (χ4n) is 7.54. The van der Waals surface area contributed by atoms with Gasteiger partial charge in [-0.05, 0) is 57.8 Å². The van der Waals surface area contributed by atoms with Crippen LogP contribution < -0.4 is 0 Å². The third-order valence-electron chi connectivity index (χ3n) is 8.33. The molecule has 3 saturated heterocycles.